The molecule has 0 aliphatic carbocycles. The molecule has 4 aromatic carbocycles. The highest BCUT2D eigenvalue weighted by molar-refractivity contribution is 7.90. The third-order valence-electron chi connectivity index (χ3n) is 7.94. The van der Waals surface area contributed by atoms with Gasteiger partial charge in [-0.05, 0) is 86.3 Å². The van der Waals surface area contributed by atoms with Crippen molar-refractivity contribution in [3.63, 3.8) is 0 Å². The summed E-state index contributed by atoms with van der Waals surface area (Å²) >= 11 is 0. The molecule has 4 N–H and O–H groups in total. The summed E-state index contributed by atoms with van der Waals surface area (Å²) in [5.41, 5.74) is 1.79. The van der Waals surface area contributed by atoms with E-state index >= 15 is 0 Å². The van der Waals surface area contributed by atoms with Crippen molar-refractivity contribution in [3.8, 4) is 0 Å². The lowest BCUT2D eigenvalue weighted by atomic mass is 10.1. The van der Waals surface area contributed by atoms with Gasteiger partial charge in [0.25, 0.3) is 20.0 Å². The molecular weight excluding hydrogens is 737 g/mol. The second-order valence-corrected chi connectivity index (χ2v) is 15.5. The van der Waals surface area contributed by atoms with E-state index in [1.54, 1.807) is 62.4 Å². The lowest BCUT2D eigenvalue weighted by Gasteiger charge is -2.11. The minimum Gasteiger partial charge on any atom is -0.462 e. The molecule has 4 rings (SSSR count). The van der Waals surface area contributed by atoms with Gasteiger partial charge in [0.15, 0.2) is 0 Å². The summed E-state index contributed by atoms with van der Waals surface area (Å²) < 4.78 is 64.9. The number of hydrogen-bond donors (Lipinski definition) is 4. The molecule has 4 aromatic rings. The number of carbonyl (C=O) groups is 4. The molecule has 0 atom stereocenters. The number of rotatable bonds is 17. The van der Waals surface area contributed by atoms with E-state index in [-0.39, 0.29) is 45.5 Å². The maximum absolute atomic E-state index is 12.6. The molecule has 0 bridgehead atoms. The summed E-state index contributed by atoms with van der Waals surface area (Å²) in [4.78, 5) is 49.8. The first-order chi connectivity index (χ1) is 25.7. The van der Waals surface area contributed by atoms with Gasteiger partial charge < -0.3 is 20.1 Å². The monoisotopic (exact) mass is 778 g/mol. The van der Waals surface area contributed by atoms with Crippen LogP contribution >= 0.6 is 0 Å². The molecule has 0 aliphatic rings. The predicted molar refractivity (Wildman–Crippen MR) is 202 cm³/mol. The highest BCUT2D eigenvalue weighted by Gasteiger charge is 2.21. The number of ether oxygens (including phenoxy) is 2. The maximum atomic E-state index is 12.6. The Morgan fingerprint density at radius 1 is 0.500 bits per heavy atom. The van der Waals surface area contributed by atoms with Crippen molar-refractivity contribution in [2.75, 3.05) is 23.8 Å². The Hall–Kier alpha value is -5.74. The van der Waals surface area contributed by atoms with Crippen LogP contribution in [0.2, 0.25) is 0 Å². The summed E-state index contributed by atoms with van der Waals surface area (Å²) in [5.74, 6) is -1.16. The Balaban J connectivity index is 1.08. The van der Waals surface area contributed by atoms with E-state index in [4.69, 9.17) is 9.47 Å². The number of aryl methyl sites for hydroxylation is 2. The molecule has 4 amide bonds. The number of hydrogen-bond acceptors (Lipinski definition) is 10. The number of sulfonamides is 2. The highest BCUT2D eigenvalue weighted by Crippen LogP contribution is 2.18. The predicted octanol–water partition coefficient (Wildman–Crippen LogP) is 6.68. The fraction of sp³-hybridized carbons (Fsp3) is 0.263. The molecular formula is C38H42N4O10S2. The van der Waals surface area contributed by atoms with Crippen LogP contribution in [0.3, 0.4) is 0 Å². The Morgan fingerprint density at radius 2 is 0.870 bits per heavy atom. The molecule has 0 fully saturated rings. The maximum Gasteiger partial charge on any atom is 0.338 e. The highest BCUT2D eigenvalue weighted by atomic mass is 32.2. The average Bonchev–Trinajstić information content (AvgIpc) is 3.12. The van der Waals surface area contributed by atoms with E-state index < -0.39 is 44.0 Å². The first-order valence-electron chi connectivity index (χ1n) is 17.1. The molecule has 54 heavy (non-hydrogen) atoms. The Kier molecular flexibility index (Phi) is 14.7. The van der Waals surface area contributed by atoms with Crippen molar-refractivity contribution in [3.05, 3.63) is 119 Å². The number of unbranched alkanes of at least 4 members (excludes halogenated alkanes) is 5. The van der Waals surface area contributed by atoms with Gasteiger partial charge >= 0.3 is 24.0 Å². The van der Waals surface area contributed by atoms with Gasteiger partial charge in [0.2, 0.25) is 0 Å². The Morgan fingerprint density at radius 3 is 1.26 bits per heavy atom. The summed E-state index contributed by atoms with van der Waals surface area (Å²) in [7, 11) is -8.18. The molecule has 286 valence electrons. The second-order valence-electron chi connectivity index (χ2n) is 12.2. The molecule has 0 saturated carbocycles. The van der Waals surface area contributed by atoms with Gasteiger partial charge in [-0.3, -0.25) is 0 Å². The van der Waals surface area contributed by atoms with Gasteiger partial charge in [-0.2, -0.15) is 0 Å². The van der Waals surface area contributed by atoms with Crippen molar-refractivity contribution < 1.29 is 45.5 Å². The molecule has 14 nitrogen and oxygen atoms in total. The first kappa shape index (κ1) is 41.0. The molecule has 0 heterocycles. The number of carbonyl (C=O) groups excluding carboxylic acids is 4. The number of anilines is 2. The van der Waals surface area contributed by atoms with E-state index in [1.165, 1.54) is 48.5 Å². The van der Waals surface area contributed by atoms with E-state index in [0.29, 0.717) is 24.0 Å². The topological polar surface area (TPSA) is 203 Å². The van der Waals surface area contributed by atoms with Crippen LogP contribution in [-0.4, -0.2) is 54.1 Å². The number of esters is 2. The van der Waals surface area contributed by atoms with E-state index in [9.17, 15) is 36.0 Å². The molecule has 16 heteroatoms. The summed E-state index contributed by atoms with van der Waals surface area (Å²) in [5, 5.41) is 4.85. The second kappa shape index (κ2) is 19.4. The van der Waals surface area contributed by atoms with E-state index in [2.05, 4.69) is 10.6 Å². The normalized spacial score (nSPS) is 11.2. The lowest BCUT2D eigenvalue weighted by molar-refractivity contribution is 0.0484. The van der Waals surface area contributed by atoms with Crippen LogP contribution < -0.4 is 20.1 Å². The third-order valence-corrected chi connectivity index (χ3v) is 10.9. The van der Waals surface area contributed by atoms with Crippen LogP contribution in [0, 0.1) is 13.8 Å². The first-order valence-corrected chi connectivity index (χ1v) is 20.0. The van der Waals surface area contributed by atoms with Crippen LogP contribution in [0.1, 0.15) is 70.4 Å². The minimum absolute atomic E-state index is 0.0181. The van der Waals surface area contributed by atoms with Gasteiger partial charge in [0, 0.05) is 11.4 Å². The van der Waals surface area contributed by atoms with E-state index in [0.717, 1.165) is 25.7 Å². The average molecular weight is 779 g/mol. The van der Waals surface area contributed by atoms with E-state index in [1.807, 2.05) is 9.44 Å². The molecule has 0 aromatic heterocycles. The van der Waals surface area contributed by atoms with Crippen molar-refractivity contribution in [1.29, 1.82) is 0 Å². The standard InChI is InChI=1S/C38H42N4O10S2/c1-27-15-7-9-21-33(27)53(47,48)41-37(45)39-31-19-13-17-29(25-31)35(43)51-23-11-5-3-4-6-12-24-52-36(44)30-18-14-20-32(26-30)40-38(46)42-54(49,50)34-22-10-8-16-28(34)2/h7-10,13-22,25-26H,3-6,11-12,23-24H2,1-2H3,(H2,39,41,45)(H2,40,42,46). The molecule has 0 aliphatic heterocycles. The Labute approximate surface area is 314 Å². The van der Waals surface area contributed by atoms with Gasteiger partial charge in [0.1, 0.15) is 0 Å². The van der Waals surface area contributed by atoms with Gasteiger partial charge in [0.05, 0.1) is 34.1 Å². The smallest absolute Gasteiger partial charge is 0.338 e. The minimum atomic E-state index is -4.09. The quantitative estimate of drug-likeness (QED) is 0.0662. The molecule has 0 unspecified atom stereocenters. The van der Waals surface area contributed by atoms with Crippen molar-refractivity contribution in [2.24, 2.45) is 0 Å². The lowest BCUT2D eigenvalue weighted by Crippen LogP contribution is -2.34. The summed E-state index contributed by atoms with van der Waals surface area (Å²) in [6.45, 7) is 3.63. The fourth-order valence-electron chi connectivity index (χ4n) is 5.24. The SMILES string of the molecule is Cc1ccccc1S(=O)(=O)NC(=O)Nc1cccc(C(=O)OCCCCCCCCOC(=O)c2cccc(NC(=O)NS(=O)(=O)c3ccccc3C)c2)c1. The van der Waals surface area contributed by atoms with Crippen LogP contribution in [0.5, 0.6) is 0 Å². The number of amides is 4. The van der Waals surface area contributed by atoms with Crippen LogP contribution in [0.15, 0.2) is 107 Å². The zero-order chi connectivity index (χ0) is 39.1. The number of nitrogens with one attached hydrogen (secondary N) is 4. The largest absolute Gasteiger partial charge is 0.462 e. The zero-order valence-corrected chi connectivity index (χ0v) is 31.4. The summed E-state index contributed by atoms with van der Waals surface area (Å²) in [6, 6.07) is 22.5. The molecule has 0 spiro atoms. The van der Waals surface area contributed by atoms with Crippen molar-refractivity contribution in [1.82, 2.24) is 9.44 Å². The van der Waals surface area contributed by atoms with Crippen LogP contribution in [0.4, 0.5) is 21.0 Å². The fourth-order valence-corrected chi connectivity index (χ4v) is 7.55. The Bertz CT molecular complexity index is 2040. The van der Waals surface area contributed by atoms with Crippen LogP contribution in [-0.2, 0) is 29.5 Å². The zero-order valence-electron chi connectivity index (χ0n) is 29.8. The van der Waals surface area contributed by atoms with Gasteiger partial charge in [-0.25, -0.2) is 45.5 Å². The van der Waals surface area contributed by atoms with Gasteiger partial charge in [-0.15, -0.1) is 0 Å². The summed E-state index contributed by atoms with van der Waals surface area (Å²) in [6.07, 6.45) is 4.64. The molecule has 0 saturated heterocycles. The van der Waals surface area contributed by atoms with Crippen LogP contribution in [0.25, 0.3) is 0 Å². The van der Waals surface area contributed by atoms with Crippen molar-refractivity contribution in [2.45, 2.75) is 62.2 Å². The van der Waals surface area contributed by atoms with Crippen molar-refractivity contribution >= 4 is 55.4 Å². The number of benzene rings is 4. The van der Waals surface area contributed by atoms with Gasteiger partial charge in [-0.1, -0.05) is 74.2 Å². The number of urea groups is 2. The third kappa shape index (κ3) is 12.4. The molecule has 0 radical (unpaired) electrons.